The van der Waals surface area contributed by atoms with Gasteiger partial charge in [-0.25, -0.2) is 0 Å². The highest BCUT2D eigenvalue weighted by Crippen LogP contribution is 2.31. The minimum absolute atomic E-state index is 0.0955. The molecule has 1 aliphatic carbocycles. The maximum absolute atomic E-state index is 11.2. The molecule has 2 heterocycles. The highest BCUT2D eigenvalue weighted by Gasteiger charge is 2.50. The van der Waals surface area contributed by atoms with Crippen molar-refractivity contribution in [3.05, 3.63) is 0 Å². The molecule has 0 bridgehead atoms. The van der Waals surface area contributed by atoms with Crippen molar-refractivity contribution in [3.63, 3.8) is 0 Å². The van der Waals surface area contributed by atoms with Crippen molar-refractivity contribution in [1.29, 1.82) is 0 Å². The fourth-order valence-electron chi connectivity index (χ4n) is 4.85. The normalized spacial score (nSPS) is 49.2. The topological polar surface area (TPSA) is 220 Å². The predicted octanol–water partition coefficient (Wildman–Crippen LogP) is -4.75. The monoisotopic (exact) mass is 479 g/mol. The Hall–Kier alpha value is -0.520. The summed E-state index contributed by atoms with van der Waals surface area (Å²) in [6.45, 7) is -0.147. The SMILES string of the molecule is CN[C@@H]1CC[C@@H](CN)O[C@@H]1OC1[C@@H](N)C[C@@H](NC)[C@H](O[C@H]2O[C@H](CO)[C@@H](O)[C@H](N)[C@H]2O)[C@H]1O. The number of nitrogens with one attached hydrogen (secondary N) is 2. The van der Waals surface area contributed by atoms with E-state index in [4.69, 9.17) is 36.1 Å². The van der Waals surface area contributed by atoms with Crippen LogP contribution in [0.25, 0.3) is 0 Å². The summed E-state index contributed by atoms with van der Waals surface area (Å²) >= 11 is 0. The van der Waals surface area contributed by atoms with Crippen molar-refractivity contribution in [3.8, 4) is 0 Å². The summed E-state index contributed by atoms with van der Waals surface area (Å²) in [4.78, 5) is 0. The van der Waals surface area contributed by atoms with E-state index in [9.17, 15) is 20.4 Å². The molecule has 13 nitrogen and oxygen atoms in total. The molecule has 3 fully saturated rings. The van der Waals surface area contributed by atoms with Gasteiger partial charge in [0.2, 0.25) is 0 Å². The lowest BCUT2D eigenvalue weighted by atomic mass is 9.83. The lowest BCUT2D eigenvalue weighted by Gasteiger charge is -2.48. The van der Waals surface area contributed by atoms with Crippen LogP contribution in [0.4, 0.5) is 0 Å². The predicted molar refractivity (Wildman–Crippen MR) is 117 cm³/mol. The Morgan fingerprint density at radius 1 is 0.879 bits per heavy atom. The molecule has 194 valence electrons. The zero-order valence-corrected chi connectivity index (χ0v) is 19.2. The number of likely N-dealkylation sites (N-methyl/N-ethyl adjacent to an activating group) is 2. The van der Waals surface area contributed by atoms with Crippen molar-refractivity contribution < 1.29 is 39.4 Å². The number of hydrogen-bond acceptors (Lipinski definition) is 13. The van der Waals surface area contributed by atoms with Crippen molar-refractivity contribution in [1.82, 2.24) is 10.6 Å². The van der Waals surface area contributed by atoms with E-state index in [2.05, 4.69) is 10.6 Å². The maximum Gasteiger partial charge on any atom is 0.186 e. The number of ether oxygens (including phenoxy) is 4. The molecule has 2 aliphatic heterocycles. The molecule has 1 saturated carbocycles. The molecule has 1 unspecified atom stereocenters. The summed E-state index contributed by atoms with van der Waals surface area (Å²) in [7, 11) is 3.52. The first-order valence-corrected chi connectivity index (χ1v) is 11.6. The average Bonchev–Trinajstić information content (AvgIpc) is 2.82. The Labute approximate surface area is 193 Å². The summed E-state index contributed by atoms with van der Waals surface area (Å²) in [6.07, 6.45) is -6.66. The van der Waals surface area contributed by atoms with E-state index in [1.54, 1.807) is 7.05 Å². The smallest absolute Gasteiger partial charge is 0.186 e. The van der Waals surface area contributed by atoms with Crippen LogP contribution in [-0.4, -0.2) is 127 Å². The molecule has 33 heavy (non-hydrogen) atoms. The number of nitrogens with two attached hydrogens (primary N) is 3. The molecule has 3 aliphatic rings. The highest BCUT2D eigenvalue weighted by atomic mass is 16.7. The summed E-state index contributed by atoms with van der Waals surface area (Å²) < 4.78 is 23.7. The van der Waals surface area contributed by atoms with Crippen molar-refractivity contribution in [2.24, 2.45) is 17.2 Å². The van der Waals surface area contributed by atoms with Gasteiger partial charge >= 0.3 is 0 Å². The van der Waals surface area contributed by atoms with Gasteiger partial charge in [0.15, 0.2) is 12.6 Å². The molecule has 0 radical (unpaired) electrons. The van der Waals surface area contributed by atoms with Crippen molar-refractivity contribution in [2.75, 3.05) is 27.2 Å². The third-order valence-corrected chi connectivity index (χ3v) is 7.00. The minimum Gasteiger partial charge on any atom is -0.394 e. The molecular weight excluding hydrogens is 438 g/mol. The van der Waals surface area contributed by atoms with Gasteiger partial charge in [-0.1, -0.05) is 0 Å². The quantitative estimate of drug-likeness (QED) is 0.160. The maximum atomic E-state index is 11.2. The van der Waals surface area contributed by atoms with Crippen LogP contribution in [0.5, 0.6) is 0 Å². The fourth-order valence-corrected chi connectivity index (χ4v) is 4.85. The van der Waals surface area contributed by atoms with Crippen LogP contribution in [0.15, 0.2) is 0 Å². The Morgan fingerprint density at radius 3 is 2.15 bits per heavy atom. The molecule has 12 N–H and O–H groups in total. The molecule has 0 aromatic rings. The van der Waals surface area contributed by atoms with E-state index in [0.717, 1.165) is 12.8 Å². The largest absolute Gasteiger partial charge is 0.394 e. The summed E-state index contributed by atoms with van der Waals surface area (Å²) in [5.41, 5.74) is 18.0. The minimum atomic E-state index is -1.37. The zero-order chi connectivity index (χ0) is 24.3. The van der Waals surface area contributed by atoms with E-state index in [-0.39, 0.29) is 18.2 Å². The van der Waals surface area contributed by atoms with E-state index in [0.29, 0.717) is 13.0 Å². The van der Waals surface area contributed by atoms with Gasteiger partial charge in [-0.3, -0.25) is 0 Å². The number of rotatable bonds is 8. The van der Waals surface area contributed by atoms with Gasteiger partial charge < -0.3 is 67.2 Å². The van der Waals surface area contributed by atoms with Crippen LogP contribution in [0.2, 0.25) is 0 Å². The Bertz CT molecular complexity index is 607. The third kappa shape index (κ3) is 5.83. The Balaban J connectivity index is 1.74. The molecule has 2 saturated heterocycles. The van der Waals surface area contributed by atoms with Crippen LogP contribution < -0.4 is 27.8 Å². The number of hydrogen-bond donors (Lipinski definition) is 9. The van der Waals surface area contributed by atoms with Gasteiger partial charge in [0.25, 0.3) is 0 Å². The molecule has 0 spiro atoms. The van der Waals surface area contributed by atoms with Crippen molar-refractivity contribution in [2.45, 2.75) is 98.7 Å². The standard InChI is InChI=1S/C20H41N5O8/c1-24-10-4-3-8(6-21)30-19(10)32-17-9(22)5-11(25-2)18(16(17)29)33-20-15(28)13(23)14(27)12(7-26)31-20/h8-20,24-29H,3-7,21-23H2,1-2H3/t8-,9-,10+,11+,12+,13-,14+,15+,16-,17?,18-,19+,20+/m0/s1. The van der Waals surface area contributed by atoms with Crippen LogP contribution in [-0.2, 0) is 18.9 Å². The average molecular weight is 480 g/mol. The second-order valence-electron chi connectivity index (χ2n) is 9.11. The van der Waals surface area contributed by atoms with E-state index < -0.39 is 67.9 Å². The first-order valence-electron chi connectivity index (χ1n) is 11.6. The van der Waals surface area contributed by atoms with Crippen molar-refractivity contribution >= 4 is 0 Å². The van der Waals surface area contributed by atoms with Gasteiger partial charge in [-0.2, -0.15) is 0 Å². The second-order valence-corrected chi connectivity index (χ2v) is 9.11. The lowest BCUT2D eigenvalue weighted by Crippen LogP contribution is -2.68. The number of aliphatic hydroxyl groups is 4. The molecule has 0 aromatic carbocycles. The fraction of sp³-hybridized carbons (Fsp3) is 1.00. The Morgan fingerprint density at radius 2 is 1.55 bits per heavy atom. The molecule has 13 atom stereocenters. The highest BCUT2D eigenvalue weighted by molar-refractivity contribution is 5.01. The summed E-state index contributed by atoms with van der Waals surface area (Å²) in [5.74, 6) is 0. The molecule has 13 heteroatoms. The third-order valence-electron chi connectivity index (χ3n) is 7.00. The van der Waals surface area contributed by atoms with E-state index in [1.807, 2.05) is 7.05 Å². The van der Waals surface area contributed by atoms with Gasteiger partial charge in [0.1, 0.15) is 36.6 Å². The van der Waals surface area contributed by atoms with Gasteiger partial charge in [-0.15, -0.1) is 0 Å². The summed E-state index contributed by atoms with van der Waals surface area (Å²) in [6, 6.07) is -2.10. The van der Waals surface area contributed by atoms with Crippen LogP contribution in [0.3, 0.4) is 0 Å². The second kappa shape index (κ2) is 11.9. The van der Waals surface area contributed by atoms with Crippen LogP contribution in [0, 0.1) is 0 Å². The first kappa shape index (κ1) is 27.1. The van der Waals surface area contributed by atoms with Gasteiger partial charge in [0.05, 0.1) is 24.8 Å². The Kier molecular flexibility index (Phi) is 9.80. The van der Waals surface area contributed by atoms with E-state index >= 15 is 0 Å². The molecular formula is C20H41N5O8. The molecule has 0 amide bonds. The van der Waals surface area contributed by atoms with E-state index in [1.165, 1.54) is 0 Å². The summed E-state index contributed by atoms with van der Waals surface area (Å²) in [5, 5.41) is 47.5. The van der Waals surface area contributed by atoms with Gasteiger partial charge in [-0.05, 0) is 33.4 Å². The van der Waals surface area contributed by atoms with Crippen LogP contribution in [0.1, 0.15) is 19.3 Å². The zero-order valence-electron chi connectivity index (χ0n) is 19.2. The lowest BCUT2D eigenvalue weighted by molar-refractivity contribution is -0.314. The van der Waals surface area contributed by atoms with Crippen LogP contribution >= 0.6 is 0 Å². The molecule has 3 rings (SSSR count). The van der Waals surface area contributed by atoms with Gasteiger partial charge in [0, 0.05) is 18.6 Å². The molecule has 0 aromatic heterocycles. The first-order chi connectivity index (χ1) is 15.7. The number of aliphatic hydroxyl groups excluding tert-OH is 4.